The van der Waals surface area contributed by atoms with Crippen LogP contribution in [0.25, 0.3) is 0 Å². The van der Waals surface area contributed by atoms with Crippen molar-refractivity contribution in [2.75, 3.05) is 14.1 Å². The van der Waals surface area contributed by atoms with E-state index in [9.17, 15) is 9.90 Å². The SMILES string of the molecule is Cc1ccc([C@H]([NH+]=C(N)C(N)=Nc2ccc(C(C)(C)C)c(C(=O)N(C)C)c2O)C(C)(C)C)s1. The molecule has 33 heavy (non-hydrogen) atoms. The molecule has 1 amide bonds. The van der Waals surface area contributed by atoms with Gasteiger partial charge in [0.15, 0.2) is 5.75 Å². The number of nitrogens with zero attached hydrogens (tertiary/aromatic N) is 2. The first-order chi connectivity index (χ1) is 15.0. The van der Waals surface area contributed by atoms with Gasteiger partial charge in [-0.1, -0.05) is 47.6 Å². The van der Waals surface area contributed by atoms with E-state index in [1.807, 2.05) is 20.8 Å². The van der Waals surface area contributed by atoms with Gasteiger partial charge in [-0.15, -0.1) is 11.3 Å². The minimum absolute atomic E-state index is 0.0413. The molecule has 0 aliphatic carbocycles. The van der Waals surface area contributed by atoms with Crippen molar-refractivity contribution < 1.29 is 14.9 Å². The van der Waals surface area contributed by atoms with Gasteiger partial charge in [0.05, 0.1) is 5.56 Å². The largest absolute Gasteiger partial charge is 0.505 e. The minimum Gasteiger partial charge on any atom is -0.505 e. The number of hydrogen-bond acceptors (Lipinski definition) is 4. The summed E-state index contributed by atoms with van der Waals surface area (Å²) in [5.41, 5.74) is 13.2. The van der Waals surface area contributed by atoms with Crippen LogP contribution in [0.3, 0.4) is 0 Å². The third-order valence-corrected chi connectivity index (χ3v) is 6.38. The standard InChI is InChI=1S/C25H37N5O2S/c1-14-10-13-17(33-14)20(25(5,6)7)29-22(27)21(26)28-16-12-11-15(24(2,3)4)18(19(16)31)23(32)30(8)9/h10-13,20,31H,1-9H3,(H2,26,28)(H2,27,29)/p+1/t20-/m0/s1. The van der Waals surface area contributed by atoms with Crippen molar-refractivity contribution in [2.24, 2.45) is 21.9 Å². The van der Waals surface area contributed by atoms with Crippen LogP contribution in [0.5, 0.6) is 5.75 Å². The van der Waals surface area contributed by atoms with Crippen LogP contribution in [0.4, 0.5) is 5.69 Å². The van der Waals surface area contributed by atoms with Crippen molar-refractivity contribution in [2.45, 2.75) is 59.9 Å². The molecule has 0 fully saturated rings. The van der Waals surface area contributed by atoms with E-state index in [2.05, 4.69) is 49.8 Å². The lowest BCUT2D eigenvalue weighted by molar-refractivity contribution is -0.528. The van der Waals surface area contributed by atoms with E-state index in [4.69, 9.17) is 11.5 Å². The maximum Gasteiger partial charge on any atom is 0.309 e. The Bertz CT molecular complexity index is 1090. The molecular formula is C25H38N5O2S+. The van der Waals surface area contributed by atoms with E-state index in [-0.39, 0.29) is 51.5 Å². The fraction of sp³-hybridized carbons (Fsp3) is 0.480. The highest BCUT2D eigenvalue weighted by Gasteiger charge is 2.31. The molecule has 0 aliphatic heterocycles. The van der Waals surface area contributed by atoms with Gasteiger partial charge in [0.2, 0.25) is 5.84 Å². The van der Waals surface area contributed by atoms with Crippen molar-refractivity contribution in [3.63, 3.8) is 0 Å². The van der Waals surface area contributed by atoms with E-state index in [0.717, 1.165) is 10.4 Å². The van der Waals surface area contributed by atoms with Crippen LogP contribution >= 0.6 is 11.3 Å². The van der Waals surface area contributed by atoms with Crippen LogP contribution < -0.4 is 16.5 Å². The van der Waals surface area contributed by atoms with Gasteiger partial charge in [-0.3, -0.25) is 15.5 Å². The zero-order valence-electron chi connectivity index (χ0n) is 21.2. The molecule has 0 bridgehead atoms. The number of hydrogen-bond donors (Lipinski definition) is 4. The molecule has 2 rings (SSSR count). The van der Waals surface area contributed by atoms with Crippen LogP contribution in [-0.4, -0.2) is 41.7 Å². The smallest absolute Gasteiger partial charge is 0.309 e. The van der Waals surface area contributed by atoms with Crippen molar-refractivity contribution in [3.8, 4) is 5.75 Å². The molecular weight excluding hydrogens is 434 g/mol. The molecule has 7 nitrogen and oxygen atoms in total. The number of benzene rings is 1. The molecule has 2 aromatic rings. The number of nitrogens with one attached hydrogen (secondary N) is 1. The first kappa shape index (κ1) is 26.4. The van der Waals surface area contributed by atoms with Gasteiger partial charge in [0.25, 0.3) is 5.91 Å². The van der Waals surface area contributed by atoms with Gasteiger partial charge in [0, 0.05) is 29.3 Å². The zero-order valence-corrected chi connectivity index (χ0v) is 22.0. The fourth-order valence-corrected chi connectivity index (χ4v) is 4.65. The van der Waals surface area contributed by atoms with Crippen LogP contribution in [0, 0.1) is 12.3 Å². The molecule has 1 aromatic carbocycles. The van der Waals surface area contributed by atoms with Gasteiger partial charge in [-0.25, -0.2) is 4.99 Å². The Labute approximate surface area is 201 Å². The Kier molecular flexibility index (Phi) is 7.63. The Morgan fingerprint density at radius 1 is 1.09 bits per heavy atom. The highest BCUT2D eigenvalue weighted by atomic mass is 32.1. The van der Waals surface area contributed by atoms with E-state index in [1.165, 1.54) is 9.78 Å². The lowest BCUT2D eigenvalue weighted by atomic mass is 9.82. The summed E-state index contributed by atoms with van der Waals surface area (Å²) in [7, 11) is 3.29. The monoisotopic (exact) mass is 472 g/mol. The normalized spacial score (nSPS) is 14.3. The summed E-state index contributed by atoms with van der Waals surface area (Å²) in [4.78, 5) is 24.3. The quantitative estimate of drug-likeness (QED) is 0.404. The zero-order chi connectivity index (χ0) is 25.3. The van der Waals surface area contributed by atoms with Crippen molar-refractivity contribution in [1.29, 1.82) is 0 Å². The predicted octanol–water partition coefficient (Wildman–Crippen LogP) is 2.98. The predicted molar refractivity (Wildman–Crippen MR) is 138 cm³/mol. The molecule has 6 N–H and O–H groups in total. The first-order valence-electron chi connectivity index (χ1n) is 10.9. The molecule has 0 unspecified atom stereocenters. The van der Waals surface area contributed by atoms with Crippen LogP contribution in [0.1, 0.15) is 73.3 Å². The Morgan fingerprint density at radius 2 is 1.70 bits per heavy atom. The second-order valence-corrected chi connectivity index (χ2v) is 11.9. The average molecular weight is 473 g/mol. The van der Waals surface area contributed by atoms with Gasteiger partial charge >= 0.3 is 5.84 Å². The number of thiophene rings is 1. The maximum atomic E-state index is 12.9. The fourth-order valence-electron chi connectivity index (χ4n) is 3.48. The second kappa shape index (κ2) is 9.55. The van der Waals surface area contributed by atoms with Crippen LogP contribution in [-0.2, 0) is 5.41 Å². The summed E-state index contributed by atoms with van der Waals surface area (Å²) < 4.78 is 0. The third kappa shape index (κ3) is 6.13. The summed E-state index contributed by atoms with van der Waals surface area (Å²) in [6.07, 6.45) is 0. The first-order valence-corrected chi connectivity index (χ1v) is 11.7. The Balaban J connectivity index is 2.57. The number of phenolic OH excluding ortho intramolecular Hbond substituents is 1. The second-order valence-electron chi connectivity index (χ2n) is 10.6. The summed E-state index contributed by atoms with van der Waals surface area (Å²) >= 11 is 1.70. The van der Waals surface area contributed by atoms with Gasteiger partial charge < -0.3 is 15.7 Å². The highest BCUT2D eigenvalue weighted by molar-refractivity contribution is 7.12. The lowest BCUT2D eigenvalue weighted by Gasteiger charge is -2.25. The number of carbonyl (C=O) groups is 1. The minimum atomic E-state index is -0.349. The lowest BCUT2D eigenvalue weighted by Crippen LogP contribution is -2.81. The molecule has 8 heteroatoms. The molecule has 0 saturated carbocycles. The Hall–Kier alpha value is -2.87. The molecule has 0 radical (unpaired) electrons. The molecule has 0 aliphatic rings. The number of nitrogens with two attached hydrogens (primary N) is 2. The number of aliphatic imine (C=N–C) groups is 1. The van der Waals surface area contributed by atoms with Crippen molar-refractivity contribution in [3.05, 3.63) is 45.1 Å². The summed E-state index contributed by atoms with van der Waals surface area (Å²) in [5.74, 6) is -0.262. The Morgan fingerprint density at radius 3 is 2.15 bits per heavy atom. The molecule has 1 heterocycles. The molecule has 180 valence electrons. The number of aromatic hydroxyl groups is 1. The number of rotatable bonds is 4. The van der Waals surface area contributed by atoms with Crippen LogP contribution in [0.15, 0.2) is 29.3 Å². The third-order valence-electron chi connectivity index (χ3n) is 5.31. The van der Waals surface area contributed by atoms with Crippen molar-refractivity contribution in [1.82, 2.24) is 4.90 Å². The summed E-state index contributed by atoms with van der Waals surface area (Å²) in [6.45, 7) is 14.4. The number of carbonyl (C=O) groups excluding carboxylic acids is 1. The number of aryl methyl sites for hydroxylation is 1. The van der Waals surface area contributed by atoms with E-state index < -0.39 is 0 Å². The maximum absolute atomic E-state index is 12.9. The highest BCUT2D eigenvalue weighted by Crippen LogP contribution is 2.38. The number of phenols is 1. The number of amidine groups is 2. The molecule has 0 saturated heterocycles. The molecule has 1 aromatic heterocycles. The molecule has 0 spiro atoms. The van der Waals surface area contributed by atoms with E-state index in [0.29, 0.717) is 0 Å². The summed E-state index contributed by atoms with van der Waals surface area (Å²) in [5, 5.41) is 11.0. The molecule has 1 atom stereocenters. The van der Waals surface area contributed by atoms with Gasteiger partial charge in [0.1, 0.15) is 11.7 Å². The van der Waals surface area contributed by atoms with Crippen molar-refractivity contribution >= 4 is 34.6 Å². The van der Waals surface area contributed by atoms with Gasteiger partial charge in [-0.2, -0.15) is 0 Å². The van der Waals surface area contributed by atoms with Crippen LogP contribution in [0.2, 0.25) is 0 Å². The summed E-state index contributed by atoms with van der Waals surface area (Å²) in [6, 6.07) is 7.55. The van der Waals surface area contributed by atoms with E-state index in [1.54, 1.807) is 37.6 Å². The average Bonchev–Trinajstić information content (AvgIpc) is 3.10. The topological polar surface area (TPSA) is 119 Å². The van der Waals surface area contributed by atoms with Gasteiger partial charge in [-0.05, 0) is 36.1 Å². The number of amides is 1. The van der Waals surface area contributed by atoms with E-state index >= 15 is 0 Å².